The van der Waals surface area contributed by atoms with Crippen LogP contribution >= 0.6 is 23.4 Å². The first-order valence-corrected chi connectivity index (χ1v) is 9.23. The van der Waals surface area contributed by atoms with Crippen molar-refractivity contribution in [3.05, 3.63) is 23.2 Å². The van der Waals surface area contributed by atoms with Crippen LogP contribution in [0, 0.1) is 5.92 Å². The topological polar surface area (TPSA) is 78.4 Å². The maximum absolute atomic E-state index is 12.4. The summed E-state index contributed by atoms with van der Waals surface area (Å²) in [5.41, 5.74) is 0.370. The molecule has 0 aromatic heterocycles. The van der Waals surface area contributed by atoms with Gasteiger partial charge in [-0.15, -0.1) is 11.8 Å². The second-order valence-corrected chi connectivity index (χ2v) is 7.24. The largest absolute Gasteiger partial charge is 0.481 e. The van der Waals surface area contributed by atoms with Crippen LogP contribution in [-0.4, -0.2) is 35.3 Å². The monoisotopic (exact) mass is 392 g/mol. The summed E-state index contributed by atoms with van der Waals surface area (Å²) in [6.45, 7) is 0. The number of rotatable bonds is 6. The molecule has 9 heteroatoms. The minimum Gasteiger partial charge on any atom is -0.481 e. The van der Waals surface area contributed by atoms with E-state index in [9.17, 15) is 18.4 Å². The lowest BCUT2D eigenvalue weighted by atomic mass is 9.86. The third kappa shape index (κ3) is 6.04. The maximum atomic E-state index is 12.4. The molecule has 2 rings (SSSR count). The molecule has 1 aromatic rings. The standard InChI is InChI=1S/C16H19ClF2N2O3S/c17-11-2-1-3-12(14(11)25-8-13(18)19)21-16(24)20-10-6-4-9(5-7-10)15(22)23/h1-3,9-10,13H,4-8H2,(H,22,23)(H2,20,21,24). The van der Waals surface area contributed by atoms with Crippen LogP contribution in [0.3, 0.4) is 0 Å². The van der Waals surface area contributed by atoms with Crippen LogP contribution in [0.4, 0.5) is 19.3 Å². The average molecular weight is 393 g/mol. The van der Waals surface area contributed by atoms with Crippen LogP contribution in [-0.2, 0) is 4.79 Å². The molecular formula is C16H19ClF2N2O3S. The van der Waals surface area contributed by atoms with Crippen molar-refractivity contribution < 1.29 is 23.5 Å². The highest BCUT2D eigenvalue weighted by Gasteiger charge is 2.26. The number of carbonyl (C=O) groups is 2. The van der Waals surface area contributed by atoms with Gasteiger partial charge >= 0.3 is 12.0 Å². The summed E-state index contributed by atoms with van der Waals surface area (Å²) >= 11 is 6.92. The Kier molecular flexibility index (Phi) is 7.31. The second-order valence-electron chi connectivity index (χ2n) is 5.80. The van der Waals surface area contributed by atoms with Crippen molar-refractivity contribution in [3.8, 4) is 0 Å². The number of alkyl halides is 2. The smallest absolute Gasteiger partial charge is 0.319 e. The molecule has 1 saturated carbocycles. The van der Waals surface area contributed by atoms with E-state index in [1.165, 1.54) is 0 Å². The number of thioether (sulfide) groups is 1. The molecule has 1 aromatic carbocycles. The Hall–Kier alpha value is -1.54. The minimum atomic E-state index is -2.48. The Balaban J connectivity index is 1.92. The zero-order valence-corrected chi connectivity index (χ0v) is 14.9. The van der Waals surface area contributed by atoms with E-state index >= 15 is 0 Å². The third-order valence-electron chi connectivity index (χ3n) is 3.98. The van der Waals surface area contributed by atoms with Crippen molar-refractivity contribution in [2.24, 2.45) is 5.92 Å². The molecule has 0 unspecified atom stereocenters. The summed E-state index contributed by atoms with van der Waals surface area (Å²) in [4.78, 5) is 23.5. The summed E-state index contributed by atoms with van der Waals surface area (Å²) in [6, 6.07) is 4.24. The number of hydrogen-bond acceptors (Lipinski definition) is 3. The SMILES string of the molecule is O=C(Nc1cccc(Cl)c1SCC(F)F)NC1CCC(C(=O)O)CC1. The van der Waals surface area contributed by atoms with Gasteiger partial charge in [-0.2, -0.15) is 0 Å². The molecule has 25 heavy (non-hydrogen) atoms. The number of urea groups is 1. The van der Waals surface area contributed by atoms with E-state index in [-0.39, 0.29) is 12.0 Å². The number of carboxylic acids is 1. The number of amides is 2. The molecule has 0 saturated heterocycles. The van der Waals surface area contributed by atoms with Gasteiger partial charge in [0, 0.05) is 10.9 Å². The molecule has 3 N–H and O–H groups in total. The van der Waals surface area contributed by atoms with Crippen molar-refractivity contribution >= 4 is 41.1 Å². The van der Waals surface area contributed by atoms with Crippen molar-refractivity contribution in [2.75, 3.05) is 11.1 Å². The van der Waals surface area contributed by atoms with Gasteiger partial charge in [0.15, 0.2) is 0 Å². The fraction of sp³-hybridized carbons (Fsp3) is 0.500. The molecule has 1 fully saturated rings. The summed E-state index contributed by atoms with van der Waals surface area (Å²) < 4.78 is 24.9. The lowest BCUT2D eigenvalue weighted by Crippen LogP contribution is -2.41. The van der Waals surface area contributed by atoms with E-state index in [0.717, 1.165) is 11.8 Å². The number of benzene rings is 1. The van der Waals surface area contributed by atoms with Gasteiger partial charge in [0.2, 0.25) is 6.43 Å². The zero-order valence-electron chi connectivity index (χ0n) is 13.3. The predicted molar refractivity (Wildman–Crippen MR) is 93.7 cm³/mol. The summed E-state index contributed by atoms with van der Waals surface area (Å²) in [5, 5.41) is 14.7. The predicted octanol–water partition coefficient (Wildman–Crippen LogP) is 4.46. The average Bonchev–Trinajstić information content (AvgIpc) is 2.54. The number of aliphatic carboxylic acids is 1. The van der Waals surface area contributed by atoms with Crippen LogP contribution in [0.2, 0.25) is 5.02 Å². The van der Waals surface area contributed by atoms with Gasteiger partial charge in [0.1, 0.15) is 0 Å². The molecule has 0 aliphatic heterocycles. The van der Waals surface area contributed by atoms with Gasteiger partial charge in [-0.3, -0.25) is 4.79 Å². The van der Waals surface area contributed by atoms with Crippen LogP contribution in [0.5, 0.6) is 0 Å². The van der Waals surface area contributed by atoms with Crippen LogP contribution in [0.15, 0.2) is 23.1 Å². The molecule has 0 atom stereocenters. The molecule has 2 amide bonds. The molecule has 0 bridgehead atoms. The number of halogens is 3. The molecule has 1 aliphatic carbocycles. The Morgan fingerprint density at radius 1 is 1.28 bits per heavy atom. The van der Waals surface area contributed by atoms with E-state index in [4.69, 9.17) is 16.7 Å². The van der Waals surface area contributed by atoms with E-state index in [1.54, 1.807) is 18.2 Å². The van der Waals surface area contributed by atoms with E-state index < -0.39 is 24.2 Å². The van der Waals surface area contributed by atoms with Crippen molar-refractivity contribution in [1.82, 2.24) is 5.32 Å². The van der Waals surface area contributed by atoms with Crippen LogP contribution in [0.1, 0.15) is 25.7 Å². The van der Waals surface area contributed by atoms with Crippen LogP contribution in [0.25, 0.3) is 0 Å². The fourth-order valence-electron chi connectivity index (χ4n) is 2.73. The first-order chi connectivity index (χ1) is 11.9. The van der Waals surface area contributed by atoms with Gasteiger partial charge in [-0.1, -0.05) is 17.7 Å². The fourth-order valence-corrected chi connectivity index (χ4v) is 3.84. The number of anilines is 1. The molecular weight excluding hydrogens is 374 g/mol. The number of hydrogen-bond donors (Lipinski definition) is 3. The minimum absolute atomic E-state index is 0.105. The van der Waals surface area contributed by atoms with Gasteiger partial charge in [-0.05, 0) is 37.8 Å². The highest BCUT2D eigenvalue weighted by molar-refractivity contribution is 7.99. The number of carbonyl (C=O) groups excluding carboxylic acids is 1. The van der Waals surface area contributed by atoms with Gasteiger partial charge in [-0.25, -0.2) is 13.6 Å². The Labute approximate surface area is 153 Å². The van der Waals surface area contributed by atoms with Gasteiger partial charge in [0.05, 0.1) is 22.4 Å². The quantitative estimate of drug-likeness (QED) is 0.624. The normalized spacial score (nSPS) is 20.3. The third-order valence-corrected chi connectivity index (χ3v) is 5.55. The van der Waals surface area contributed by atoms with Crippen molar-refractivity contribution in [3.63, 3.8) is 0 Å². The van der Waals surface area contributed by atoms with Gasteiger partial charge in [0.25, 0.3) is 0 Å². The number of nitrogens with one attached hydrogen (secondary N) is 2. The van der Waals surface area contributed by atoms with Crippen molar-refractivity contribution in [1.29, 1.82) is 0 Å². The lowest BCUT2D eigenvalue weighted by Gasteiger charge is -2.27. The Bertz CT molecular complexity index is 625. The number of carboxylic acid groups (broad SMARTS) is 1. The molecule has 0 heterocycles. The first-order valence-electron chi connectivity index (χ1n) is 7.86. The Morgan fingerprint density at radius 2 is 1.96 bits per heavy atom. The summed E-state index contributed by atoms with van der Waals surface area (Å²) in [5.74, 6) is -1.58. The highest BCUT2D eigenvalue weighted by atomic mass is 35.5. The van der Waals surface area contributed by atoms with Gasteiger partial charge < -0.3 is 15.7 Å². The summed E-state index contributed by atoms with van der Waals surface area (Å²) in [6.07, 6.45) is -0.257. The molecule has 0 radical (unpaired) electrons. The molecule has 138 valence electrons. The second kappa shape index (κ2) is 9.24. The molecule has 0 spiro atoms. The maximum Gasteiger partial charge on any atom is 0.319 e. The lowest BCUT2D eigenvalue weighted by molar-refractivity contribution is -0.142. The Morgan fingerprint density at radius 3 is 2.56 bits per heavy atom. The zero-order chi connectivity index (χ0) is 18.4. The van der Waals surface area contributed by atoms with E-state index in [1.807, 2.05) is 0 Å². The molecule has 5 nitrogen and oxygen atoms in total. The van der Waals surface area contributed by atoms with Crippen LogP contribution < -0.4 is 10.6 Å². The highest BCUT2D eigenvalue weighted by Crippen LogP contribution is 2.35. The first kappa shape index (κ1) is 19.8. The van der Waals surface area contributed by atoms with E-state index in [2.05, 4.69) is 10.6 Å². The summed E-state index contributed by atoms with van der Waals surface area (Å²) in [7, 11) is 0. The van der Waals surface area contributed by atoms with Crippen molar-refractivity contribution in [2.45, 2.75) is 43.0 Å². The van der Waals surface area contributed by atoms with E-state index in [0.29, 0.717) is 41.3 Å². The molecule has 1 aliphatic rings.